The summed E-state index contributed by atoms with van der Waals surface area (Å²) in [4.78, 5) is 69.6. The van der Waals surface area contributed by atoms with Crippen molar-refractivity contribution in [2.75, 3.05) is 37.4 Å². The molecule has 2 saturated heterocycles. The first-order valence-corrected chi connectivity index (χ1v) is 37.6. The Bertz CT molecular complexity index is 4490. The van der Waals surface area contributed by atoms with Gasteiger partial charge in [-0.05, 0) is 96.2 Å². The fraction of sp³-hybridized carbons (Fsp3) is 0.361. The van der Waals surface area contributed by atoms with Crippen molar-refractivity contribution < 1.29 is 44.1 Å². The second-order valence-corrected chi connectivity index (χ2v) is 30.1. The number of anilines is 2. The lowest BCUT2D eigenvalue weighted by molar-refractivity contribution is -0.0445. The summed E-state index contributed by atoms with van der Waals surface area (Å²) in [6.07, 6.45) is 0.656. The average Bonchev–Trinajstić information content (AvgIpc) is 1.17. The molecule has 26 heteroatoms. The zero-order valence-corrected chi connectivity index (χ0v) is 59.2. The number of H-pyrrole nitrogens is 2. The van der Waals surface area contributed by atoms with Crippen LogP contribution in [0.5, 0.6) is 11.5 Å². The molecule has 0 unspecified atom stereocenters. The lowest BCUT2D eigenvalue weighted by atomic mass is 9.77. The van der Waals surface area contributed by atoms with Crippen LogP contribution in [0.2, 0.25) is 0 Å². The summed E-state index contributed by atoms with van der Waals surface area (Å²) in [6, 6.07) is 54.6. The summed E-state index contributed by atoms with van der Waals surface area (Å²) >= 11 is 1.55. The second kappa shape index (κ2) is 29.5. The Labute approximate surface area is 576 Å². The van der Waals surface area contributed by atoms with Gasteiger partial charge in [0.2, 0.25) is 11.9 Å². The third kappa shape index (κ3) is 14.6. The molecule has 2 aliphatic rings. The highest BCUT2D eigenvalue weighted by Gasteiger charge is 2.47. The Balaban J connectivity index is 0.000000198. The van der Waals surface area contributed by atoms with Gasteiger partial charge in [0.25, 0.3) is 31.4 Å². The Morgan fingerprint density at radius 2 is 0.796 bits per heavy atom. The van der Waals surface area contributed by atoms with Gasteiger partial charge in [0.15, 0.2) is 11.3 Å². The fourth-order valence-corrected chi connectivity index (χ4v) is 16.5. The van der Waals surface area contributed by atoms with Crippen molar-refractivity contribution in [3.8, 4) is 11.5 Å². The summed E-state index contributed by atoms with van der Waals surface area (Å²) in [7, 11) is -4.37. The number of nitrogens with zero attached hydrogens (tertiary/aromatic N) is 4. The Morgan fingerprint density at radius 3 is 1.07 bits per heavy atom. The third-order valence-corrected chi connectivity index (χ3v) is 21.9. The number of ether oxygens (including phenoxy) is 4. The minimum atomic E-state index is -3.80. The number of thiazole rings is 2. The van der Waals surface area contributed by atoms with Gasteiger partial charge in [-0.1, -0.05) is 209 Å². The molecule has 2 fully saturated rings. The minimum Gasteiger partial charge on any atom is -0.497 e. The quantitative estimate of drug-likeness (QED) is 0.0323. The van der Waals surface area contributed by atoms with Crippen LogP contribution in [0.4, 0.5) is 11.9 Å². The standard InChI is InChI=1S/2C36H40N4O7S2/c2*1-6-22(2)29-21-28(23(3)47-49(5,43)44)33(46-29)40-31-30(48-35(40)42)32(41)38-34(37-31)39-36(24-13-9-7-10-14-24,25-15-11-8-12-16-25)26-17-19-27(45-4)20-18-26/h2*7-20,22-23,28-29,33H,6,21H2,1-5H3,(H2,37,38,39,41)/t22-,23+,28-,29-,33+;22-,23-,28-,29-,33+/m00/s1. The number of benzene rings is 6. The molecular weight excluding hydrogens is 1330 g/mol. The van der Waals surface area contributed by atoms with Gasteiger partial charge in [-0.25, -0.2) is 0 Å². The normalized spacial score (nSPS) is 19.5. The van der Waals surface area contributed by atoms with Crippen molar-refractivity contribution >= 4 is 75.5 Å². The molecule has 4 aromatic heterocycles. The smallest absolute Gasteiger partial charge is 0.311 e. The molecular formula is C72H80N8O14S4. The molecule has 0 aliphatic carbocycles. The van der Waals surface area contributed by atoms with E-state index in [4.69, 9.17) is 37.3 Å². The molecule has 0 saturated carbocycles. The number of fused-ring (bicyclic) bond motifs is 2. The SMILES string of the molecule is CC[C@H](C)[C@@H]1C[C@@H]([C@@H](C)OS(C)(=O)=O)[C@H](n2c(=O)sc3c(=O)[nH]c(NC(c4ccccc4)(c4ccccc4)c4ccc(OC)cc4)nc32)O1.CC[C@H](C)[C@@H]1C[C@@H]([C@H](C)OS(C)(=O)=O)[C@H](n2c(=O)sc3c(=O)[nH]c(NC(c4ccccc4)(c4ccccc4)c4ccc(OC)cc4)nc32)O1. The van der Waals surface area contributed by atoms with Gasteiger partial charge in [0, 0.05) is 11.8 Å². The van der Waals surface area contributed by atoms with Crippen LogP contribution < -0.4 is 41.0 Å². The lowest BCUT2D eigenvalue weighted by Gasteiger charge is -2.37. The van der Waals surface area contributed by atoms with Crippen molar-refractivity contribution in [2.24, 2.45) is 23.7 Å². The number of rotatable bonds is 24. The van der Waals surface area contributed by atoms with Crippen molar-refractivity contribution in [1.82, 2.24) is 29.1 Å². The average molecular weight is 1410 g/mol. The highest BCUT2D eigenvalue weighted by atomic mass is 32.2. The number of aromatic nitrogens is 6. The molecule has 0 spiro atoms. The van der Waals surface area contributed by atoms with E-state index in [9.17, 15) is 36.0 Å². The molecule has 0 bridgehead atoms. The number of nitrogens with one attached hydrogen (secondary N) is 4. The van der Waals surface area contributed by atoms with Crippen LogP contribution in [0, 0.1) is 23.7 Å². The molecule has 4 N–H and O–H groups in total. The van der Waals surface area contributed by atoms with Crippen LogP contribution in [0.15, 0.2) is 189 Å². The van der Waals surface area contributed by atoms with Crippen LogP contribution in [0.25, 0.3) is 20.7 Å². The van der Waals surface area contributed by atoms with E-state index < -0.39 is 88.7 Å². The molecule has 516 valence electrons. The first-order chi connectivity index (χ1) is 46.9. The van der Waals surface area contributed by atoms with Gasteiger partial charge in [0.1, 0.15) is 44.4 Å². The highest BCUT2D eigenvalue weighted by Crippen LogP contribution is 2.46. The first kappa shape index (κ1) is 70.7. The van der Waals surface area contributed by atoms with E-state index in [1.54, 1.807) is 28.1 Å². The van der Waals surface area contributed by atoms with Crippen molar-refractivity contribution in [3.05, 3.63) is 243 Å². The molecule has 6 heterocycles. The van der Waals surface area contributed by atoms with Gasteiger partial charge in [0.05, 0.1) is 51.1 Å². The topological polar surface area (TPSA) is 283 Å². The predicted molar refractivity (Wildman–Crippen MR) is 381 cm³/mol. The van der Waals surface area contributed by atoms with E-state index in [2.05, 4.69) is 34.4 Å². The monoisotopic (exact) mass is 1410 g/mol. The molecule has 22 nitrogen and oxygen atoms in total. The van der Waals surface area contributed by atoms with Crippen LogP contribution in [-0.4, -0.2) is 97.1 Å². The van der Waals surface area contributed by atoms with E-state index in [0.717, 1.165) is 81.4 Å². The Kier molecular flexibility index (Phi) is 21.3. The molecule has 10 aromatic rings. The summed E-state index contributed by atoms with van der Waals surface area (Å²) in [5.74, 6) is 0.877. The molecule has 2 aliphatic heterocycles. The Hall–Kier alpha value is -8.60. The maximum Gasteiger partial charge on any atom is 0.311 e. The van der Waals surface area contributed by atoms with Gasteiger partial charge in [-0.15, -0.1) is 0 Å². The van der Waals surface area contributed by atoms with Crippen LogP contribution >= 0.6 is 22.7 Å². The predicted octanol–water partition coefficient (Wildman–Crippen LogP) is 11.7. The molecule has 0 radical (unpaired) electrons. The van der Waals surface area contributed by atoms with E-state index in [-0.39, 0.29) is 56.6 Å². The first-order valence-electron chi connectivity index (χ1n) is 32.4. The summed E-state index contributed by atoms with van der Waals surface area (Å²) in [5.41, 5.74) is 2.37. The van der Waals surface area contributed by atoms with Crippen molar-refractivity contribution in [2.45, 2.75) is 115 Å². The van der Waals surface area contributed by atoms with Crippen LogP contribution in [-0.2, 0) is 49.2 Å². The van der Waals surface area contributed by atoms with Gasteiger partial charge in [-0.3, -0.25) is 46.6 Å². The molecule has 12 rings (SSSR count). The molecule has 6 aromatic carbocycles. The Morgan fingerprint density at radius 1 is 0.500 bits per heavy atom. The van der Waals surface area contributed by atoms with Gasteiger partial charge < -0.3 is 29.6 Å². The fourth-order valence-electron chi connectivity index (χ4n) is 13.4. The summed E-state index contributed by atoms with van der Waals surface area (Å²) in [6.45, 7) is 11.5. The zero-order chi connectivity index (χ0) is 69.8. The maximum absolute atomic E-state index is 13.7. The second-order valence-electron chi connectivity index (χ2n) is 25.0. The number of hydrogen-bond acceptors (Lipinski definition) is 20. The van der Waals surface area contributed by atoms with Gasteiger partial charge >= 0.3 is 9.75 Å². The third-order valence-electron chi connectivity index (χ3n) is 18.7. The van der Waals surface area contributed by atoms with E-state index in [1.807, 2.05) is 184 Å². The van der Waals surface area contributed by atoms with E-state index >= 15 is 0 Å². The molecule has 10 atom stereocenters. The number of aromatic amines is 2. The maximum atomic E-state index is 13.7. The van der Waals surface area contributed by atoms with Crippen molar-refractivity contribution in [3.63, 3.8) is 0 Å². The lowest BCUT2D eigenvalue weighted by Crippen LogP contribution is -2.39. The van der Waals surface area contributed by atoms with Crippen molar-refractivity contribution in [1.29, 1.82) is 0 Å². The van der Waals surface area contributed by atoms with Crippen LogP contribution in [0.3, 0.4) is 0 Å². The molecule has 98 heavy (non-hydrogen) atoms. The van der Waals surface area contributed by atoms with E-state index in [1.165, 1.54) is 9.13 Å². The summed E-state index contributed by atoms with van der Waals surface area (Å²) < 4.78 is 86.4. The highest BCUT2D eigenvalue weighted by molar-refractivity contribution is 7.86. The largest absolute Gasteiger partial charge is 0.497 e. The zero-order valence-electron chi connectivity index (χ0n) is 55.9. The number of methoxy groups -OCH3 is 2. The number of hydrogen-bond donors (Lipinski definition) is 4. The van der Waals surface area contributed by atoms with E-state index in [0.29, 0.717) is 24.3 Å². The summed E-state index contributed by atoms with van der Waals surface area (Å²) in [5, 5.41) is 7.15. The van der Waals surface area contributed by atoms with Crippen LogP contribution in [0.1, 0.15) is 113 Å². The molecule has 0 amide bonds. The van der Waals surface area contributed by atoms with Gasteiger partial charge in [-0.2, -0.15) is 26.8 Å². The minimum absolute atomic E-state index is 0.126.